The predicted molar refractivity (Wildman–Crippen MR) is 90.1 cm³/mol. The van der Waals surface area contributed by atoms with Crippen LogP contribution in [-0.4, -0.2) is 37.6 Å². The molecule has 1 amide bonds. The van der Waals surface area contributed by atoms with E-state index in [4.69, 9.17) is 14.7 Å². The molecule has 0 aliphatic rings. The minimum absolute atomic E-state index is 0.0535. The van der Waals surface area contributed by atoms with Crippen LogP contribution in [0.1, 0.15) is 5.56 Å². The second kappa shape index (κ2) is 9.85. The first-order valence-corrected chi connectivity index (χ1v) is 7.02. The van der Waals surface area contributed by atoms with Gasteiger partial charge in [-0.05, 0) is 23.8 Å². The summed E-state index contributed by atoms with van der Waals surface area (Å²) in [5.74, 6) is 0.856. The number of amides is 1. The number of carbonyl (C=O) groups is 1. The summed E-state index contributed by atoms with van der Waals surface area (Å²) in [5, 5.41) is 8.55. The molecule has 1 aromatic rings. The molecular weight excluding hydrogens is 292 g/mol. The first kappa shape index (κ1) is 18.1. The largest absolute Gasteiger partial charge is 0.493 e. The predicted octanol–water partition coefficient (Wildman–Crippen LogP) is 2.81. The Labute approximate surface area is 136 Å². The Hall–Kier alpha value is -3.00. The van der Waals surface area contributed by atoms with Crippen LogP contribution < -0.4 is 9.47 Å². The third-order valence-corrected chi connectivity index (χ3v) is 2.91. The Morgan fingerprint density at radius 2 is 2.00 bits per heavy atom. The van der Waals surface area contributed by atoms with Gasteiger partial charge >= 0.3 is 0 Å². The zero-order chi connectivity index (χ0) is 17.1. The van der Waals surface area contributed by atoms with Crippen LogP contribution in [-0.2, 0) is 4.79 Å². The van der Waals surface area contributed by atoms with Gasteiger partial charge in [-0.25, -0.2) is 0 Å². The van der Waals surface area contributed by atoms with E-state index in [9.17, 15) is 4.79 Å². The van der Waals surface area contributed by atoms with E-state index in [-0.39, 0.29) is 12.5 Å². The van der Waals surface area contributed by atoms with Crippen molar-refractivity contribution in [2.24, 2.45) is 0 Å². The van der Waals surface area contributed by atoms with E-state index in [1.165, 1.54) is 13.2 Å². The molecule has 0 unspecified atom stereocenters. The standard InChI is InChI=1S/C18H20N2O3/c1-4-11-20(12-5-2)18(21)9-7-15-6-8-16(23-13-10-19)17(14-15)22-3/h4-9,14H,1-2,11-13H2,3H3. The Morgan fingerprint density at radius 3 is 2.57 bits per heavy atom. The number of methoxy groups -OCH3 is 1. The summed E-state index contributed by atoms with van der Waals surface area (Å²) in [6, 6.07) is 7.12. The second-order valence-corrected chi connectivity index (χ2v) is 4.51. The lowest BCUT2D eigenvalue weighted by molar-refractivity contribution is -0.124. The molecule has 0 saturated carbocycles. The lowest BCUT2D eigenvalue weighted by atomic mass is 10.2. The fraction of sp³-hybridized carbons (Fsp3) is 0.222. The van der Waals surface area contributed by atoms with E-state index < -0.39 is 0 Å². The highest BCUT2D eigenvalue weighted by molar-refractivity contribution is 5.92. The summed E-state index contributed by atoms with van der Waals surface area (Å²) < 4.78 is 10.5. The summed E-state index contributed by atoms with van der Waals surface area (Å²) in [6.45, 7) is 8.13. The number of hydrogen-bond donors (Lipinski definition) is 0. The first-order valence-electron chi connectivity index (χ1n) is 7.02. The maximum Gasteiger partial charge on any atom is 0.247 e. The monoisotopic (exact) mass is 312 g/mol. The zero-order valence-corrected chi connectivity index (χ0v) is 13.2. The number of hydrogen-bond acceptors (Lipinski definition) is 4. The fourth-order valence-corrected chi connectivity index (χ4v) is 1.86. The summed E-state index contributed by atoms with van der Waals surface area (Å²) >= 11 is 0. The molecule has 120 valence electrons. The van der Waals surface area contributed by atoms with E-state index in [1.54, 1.807) is 41.3 Å². The molecular formula is C18H20N2O3. The normalized spacial score (nSPS) is 9.91. The van der Waals surface area contributed by atoms with E-state index >= 15 is 0 Å². The lowest BCUT2D eigenvalue weighted by Crippen LogP contribution is -2.29. The van der Waals surface area contributed by atoms with E-state index in [0.29, 0.717) is 24.6 Å². The third kappa shape index (κ3) is 5.71. The van der Waals surface area contributed by atoms with Crippen molar-refractivity contribution in [1.29, 1.82) is 5.26 Å². The summed E-state index contributed by atoms with van der Waals surface area (Å²) in [4.78, 5) is 13.7. The van der Waals surface area contributed by atoms with Gasteiger partial charge in [0.05, 0.1) is 7.11 Å². The number of nitriles is 1. The zero-order valence-electron chi connectivity index (χ0n) is 13.2. The van der Waals surface area contributed by atoms with Crippen molar-refractivity contribution in [1.82, 2.24) is 4.90 Å². The Kier molecular flexibility index (Phi) is 7.73. The van der Waals surface area contributed by atoms with Gasteiger partial charge < -0.3 is 14.4 Å². The number of rotatable bonds is 9. The molecule has 0 aromatic heterocycles. The molecule has 0 atom stereocenters. The summed E-state index contributed by atoms with van der Waals surface area (Å²) in [5.41, 5.74) is 0.789. The molecule has 0 N–H and O–H groups in total. The van der Waals surface area contributed by atoms with Crippen LogP contribution in [0.3, 0.4) is 0 Å². The molecule has 0 spiro atoms. The Balaban J connectivity index is 2.86. The highest BCUT2D eigenvalue weighted by Crippen LogP contribution is 2.28. The van der Waals surface area contributed by atoms with Crippen molar-refractivity contribution in [3.8, 4) is 17.6 Å². The molecule has 23 heavy (non-hydrogen) atoms. The van der Waals surface area contributed by atoms with Crippen molar-refractivity contribution >= 4 is 12.0 Å². The molecule has 0 aliphatic heterocycles. The number of ether oxygens (including phenoxy) is 2. The molecule has 0 fully saturated rings. The Bertz CT molecular complexity index is 620. The van der Waals surface area contributed by atoms with Gasteiger partial charge in [0.2, 0.25) is 5.91 Å². The average molecular weight is 312 g/mol. The van der Waals surface area contributed by atoms with Crippen LogP contribution in [0.25, 0.3) is 6.08 Å². The van der Waals surface area contributed by atoms with Gasteiger partial charge in [-0.3, -0.25) is 4.79 Å². The molecule has 0 aliphatic carbocycles. The highest BCUT2D eigenvalue weighted by Gasteiger charge is 2.08. The smallest absolute Gasteiger partial charge is 0.247 e. The van der Waals surface area contributed by atoms with E-state index in [0.717, 1.165) is 5.56 Å². The first-order chi connectivity index (χ1) is 11.2. The Morgan fingerprint density at radius 1 is 1.30 bits per heavy atom. The van der Waals surface area contributed by atoms with Crippen molar-refractivity contribution in [2.75, 3.05) is 26.8 Å². The van der Waals surface area contributed by atoms with Gasteiger partial charge in [-0.2, -0.15) is 5.26 Å². The number of nitrogens with zero attached hydrogens (tertiary/aromatic N) is 2. The molecule has 5 heteroatoms. The van der Waals surface area contributed by atoms with Gasteiger partial charge in [-0.1, -0.05) is 18.2 Å². The van der Waals surface area contributed by atoms with E-state index in [1.807, 2.05) is 6.07 Å². The molecule has 0 heterocycles. The van der Waals surface area contributed by atoms with Crippen molar-refractivity contribution in [3.63, 3.8) is 0 Å². The van der Waals surface area contributed by atoms with Gasteiger partial charge in [0.1, 0.15) is 6.07 Å². The van der Waals surface area contributed by atoms with Gasteiger partial charge in [-0.15, -0.1) is 13.2 Å². The molecule has 5 nitrogen and oxygen atoms in total. The van der Waals surface area contributed by atoms with Crippen molar-refractivity contribution in [3.05, 3.63) is 55.1 Å². The third-order valence-electron chi connectivity index (χ3n) is 2.91. The second-order valence-electron chi connectivity index (χ2n) is 4.51. The van der Waals surface area contributed by atoms with E-state index in [2.05, 4.69) is 13.2 Å². The van der Waals surface area contributed by atoms with Crippen LogP contribution in [0, 0.1) is 11.3 Å². The van der Waals surface area contributed by atoms with Crippen LogP contribution in [0.15, 0.2) is 49.6 Å². The number of benzene rings is 1. The lowest BCUT2D eigenvalue weighted by Gasteiger charge is -2.16. The minimum Gasteiger partial charge on any atom is -0.493 e. The number of carbonyl (C=O) groups excluding carboxylic acids is 1. The average Bonchev–Trinajstić information content (AvgIpc) is 2.57. The van der Waals surface area contributed by atoms with Crippen molar-refractivity contribution < 1.29 is 14.3 Å². The molecule has 0 bridgehead atoms. The van der Waals surface area contributed by atoms with Crippen LogP contribution >= 0.6 is 0 Å². The minimum atomic E-state index is -0.131. The van der Waals surface area contributed by atoms with Gasteiger partial charge in [0, 0.05) is 19.2 Å². The molecule has 1 aromatic carbocycles. The van der Waals surface area contributed by atoms with Crippen molar-refractivity contribution in [2.45, 2.75) is 0 Å². The van der Waals surface area contributed by atoms with Crippen LogP contribution in [0.4, 0.5) is 0 Å². The van der Waals surface area contributed by atoms with Crippen LogP contribution in [0.2, 0.25) is 0 Å². The highest BCUT2D eigenvalue weighted by atomic mass is 16.5. The summed E-state index contributed by atoms with van der Waals surface area (Å²) in [7, 11) is 1.52. The fourth-order valence-electron chi connectivity index (χ4n) is 1.86. The molecule has 0 radical (unpaired) electrons. The maximum absolute atomic E-state index is 12.1. The SMILES string of the molecule is C=CCN(CC=C)C(=O)C=Cc1ccc(OCC#N)c(OC)c1. The molecule has 1 rings (SSSR count). The van der Waals surface area contributed by atoms with Gasteiger partial charge in [0.25, 0.3) is 0 Å². The topological polar surface area (TPSA) is 62.6 Å². The summed E-state index contributed by atoms with van der Waals surface area (Å²) in [6.07, 6.45) is 6.51. The maximum atomic E-state index is 12.1. The molecule has 0 saturated heterocycles. The van der Waals surface area contributed by atoms with Gasteiger partial charge in [0.15, 0.2) is 18.1 Å². The quantitative estimate of drug-likeness (QED) is 0.519. The van der Waals surface area contributed by atoms with Crippen LogP contribution in [0.5, 0.6) is 11.5 Å².